The number of hydrogen-bond acceptors (Lipinski definition) is 2. The Labute approximate surface area is 144 Å². The van der Waals surface area contributed by atoms with E-state index in [-0.39, 0.29) is 12.2 Å². The van der Waals surface area contributed by atoms with Crippen LogP contribution in [0.1, 0.15) is 55.9 Å². The number of aliphatic hydroxyl groups is 1. The predicted octanol–water partition coefficient (Wildman–Crippen LogP) is 5.23. The molecule has 0 radical (unpaired) electrons. The Balaban J connectivity index is 1.88. The molecule has 0 heterocycles. The minimum Gasteiger partial charge on any atom is -0.488 e. The van der Waals surface area contributed by atoms with Gasteiger partial charge in [0, 0.05) is 0 Å². The molecular formula is C22H26O2. The third-order valence-corrected chi connectivity index (χ3v) is 4.86. The van der Waals surface area contributed by atoms with E-state index in [1.165, 1.54) is 22.3 Å². The summed E-state index contributed by atoms with van der Waals surface area (Å²) in [6, 6.07) is 14.6. The summed E-state index contributed by atoms with van der Waals surface area (Å²) in [4.78, 5) is 0. The molecular weight excluding hydrogens is 296 g/mol. The maximum atomic E-state index is 9.18. The van der Waals surface area contributed by atoms with E-state index in [1.54, 1.807) is 0 Å². The zero-order valence-electron chi connectivity index (χ0n) is 14.8. The van der Waals surface area contributed by atoms with Gasteiger partial charge in [-0.2, -0.15) is 0 Å². The molecule has 0 saturated carbocycles. The van der Waals surface area contributed by atoms with Gasteiger partial charge in [-0.3, -0.25) is 0 Å². The lowest BCUT2D eigenvalue weighted by atomic mass is 9.88. The molecule has 1 aliphatic carbocycles. The molecule has 0 atom stereocenters. The molecule has 126 valence electrons. The van der Waals surface area contributed by atoms with Crippen molar-refractivity contribution in [2.45, 2.75) is 52.2 Å². The fraction of sp³-hybridized carbons (Fsp3) is 0.364. The van der Waals surface area contributed by atoms with Crippen molar-refractivity contribution in [1.82, 2.24) is 0 Å². The van der Waals surface area contributed by atoms with E-state index in [9.17, 15) is 5.11 Å². The second kappa shape index (κ2) is 6.82. The Kier molecular flexibility index (Phi) is 4.77. The maximum absolute atomic E-state index is 9.18. The summed E-state index contributed by atoms with van der Waals surface area (Å²) in [5, 5.41) is 9.18. The third kappa shape index (κ3) is 3.70. The highest BCUT2D eigenvalue weighted by atomic mass is 16.5. The van der Waals surface area contributed by atoms with Crippen molar-refractivity contribution in [3.05, 3.63) is 64.7 Å². The van der Waals surface area contributed by atoms with Crippen LogP contribution in [0.3, 0.4) is 0 Å². The Morgan fingerprint density at radius 2 is 1.79 bits per heavy atom. The number of rotatable bonds is 5. The molecule has 1 N–H and O–H groups in total. The van der Waals surface area contributed by atoms with Crippen molar-refractivity contribution in [2.75, 3.05) is 0 Å². The Morgan fingerprint density at radius 1 is 1.04 bits per heavy atom. The van der Waals surface area contributed by atoms with Crippen molar-refractivity contribution < 1.29 is 9.84 Å². The van der Waals surface area contributed by atoms with Crippen molar-refractivity contribution in [3.8, 4) is 5.75 Å². The van der Waals surface area contributed by atoms with Crippen molar-refractivity contribution in [2.24, 2.45) is 0 Å². The second-order valence-electron chi connectivity index (χ2n) is 7.10. The van der Waals surface area contributed by atoms with Crippen LogP contribution in [0.4, 0.5) is 0 Å². The van der Waals surface area contributed by atoms with Gasteiger partial charge in [0.25, 0.3) is 0 Å². The van der Waals surface area contributed by atoms with E-state index in [4.69, 9.17) is 4.74 Å². The molecule has 2 aromatic rings. The van der Waals surface area contributed by atoms with Gasteiger partial charge in [-0.25, -0.2) is 0 Å². The van der Waals surface area contributed by atoms with Gasteiger partial charge >= 0.3 is 0 Å². The van der Waals surface area contributed by atoms with Crippen LogP contribution >= 0.6 is 0 Å². The Hall–Kier alpha value is -2.06. The molecule has 0 fully saturated rings. The van der Waals surface area contributed by atoms with Crippen LogP contribution in [0.15, 0.2) is 42.5 Å². The highest BCUT2D eigenvalue weighted by Crippen LogP contribution is 2.33. The zero-order chi connectivity index (χ0) is 17.2. The first-order chi connectivity index (χ1) is 11.5. The predicted molar refractivity (Wildman–Crippen MR) is 100.0 cm³/mol. The second-order valence-corrected chi connectivity index (χ2v) is 7.10. The van der Waals surface area contributed by atoms with Crippen LogP contribution in [0.5, 0.6) is 5.75 Å². The van der Waals surface area contributed by atoms with Crippen LogP contribution in [-0.4, -0.2) is 10.7 Å². The highest BCUT2D eigenvalue weighted by molar-refractivity contribution is 5.84. The van der Waals surface area contributed by atoms with Gasteiger partial charge in [-0.1, -0.05) is 43.3 Å². The molecule has 0 aliphatic heterocycles. The van der Waals surface area contributed by atoms with Crippen LogP contribution in [-0.2, 0) is 13.0 Å². The van der Waals surface area contributed by atoms with E-state index in [0.29, 0.717) is 0 Å². The van der Waals surface area contributed by atoms with Gasteiger partial charge in [0.1, 0.15) is 11.4 Å². The first-order valence-corrected chi connectivity index (χ1v) is 8.73. The number of hydrogen-bond donors (Lipinski definition) is 1. The normalized spacial score (nSPS) is 14.1. The highest BCUT2D eigenvalue weighted by Gasteiger charge is 2.18. The van der Waals surface area contributed by atoms with Gasteiger partial charge < -0.3 is 9.84 Å². The first kappa shape index (κ1) is 16.8. The lowest BCUT2D eigenvalue weighted by Gasteiger charge is -2.26. The van der Waals surface area contributed by atoms with Gasteiger partial charge in [-0.05, 0) is 73.1 Å². The number of benzene rings is 2. The minimum absolute atomic E-state index is 0.0933. The van der Waals surface area contributed by atoms with Crippen LogP contribution < -0.4 is 4.74 Å². The zero-order valence-corrected chi connectivity index (χ0v) is 14.8. The van der Waals surface area contributed by atoms with Gasteiger partial charge in [0.05, 0.1) is 6.61 Å². The molecule has 0 bridgehead atoms. The fourth-order valence-electron chi connectivity index (χ4n) is 2.97. The summed E-state index contributed by atoms with van der Waals surface area (Å²) in [7, 11) is 0. The molecule has 3 rings (SSSR count). The molecule has 0 spiro atoms. The van der Waals surface area contributed by atoms with Crippen LogP contribution in [0.2, 0.25) is 0 Å². The largest absolute Gasteiger partial charge is 0.488 e. The average molecular weight is 322 g/mol. The summed E-state index contributed by atoms with van der Waals surface area (Å²) < 4.78 is 6.13. The van der Waals surface area contributed by atoms with Gasteiger partial charge in [-0.15, -0.1) is 0 Å². The topological polar surface area (TPSA) is 29.5 Å². The number of aryl methyl sites for hydroxylation is 1. The molecule has 1 aliphatic rings. The number of aliphatic hydroxyl groups excluding tert-OH is 1. The average Bonchev–Trinajstić information content (AvgIpc) is 2.61. The smallest absolute Gasteiger partial charge is 0.120 e. The van der Waals surface area contributed by atoms with E-state index in [0.717, 1.165) is 30.6 Å². The molecule has 0 saturated heterocycles. The number of ether oxygens (including phenoxy) is 1. The van der Waals surface area contributed by atoms with E-state index >= 15 is 0 Å². The van der Waals surface area contributed by atoms with E-state index in [2.05, 4.69) is 57.2 Å². The summed E-state index contributed by atoms with van der Waals surface area (Å²) in [6.07, 6.45) is 5.35. The monoisotopic (exact) mass is 322 g/mol. The molecule has 24 heavy (non-hydrogen) atoms. The fourth-order valence-corrected chi connectivity index (χ4v) is 2.97. The Morgan fingerprint density at radius 3 is 2.46 bits per heavy atom. The molecule has 2 heteroatoms. The van der Waals surface area contributed by atoms with E-state index < -0.39 is 0 Å². The van der Waals surface area contributed by atoms with Crippen molar-refractivity contribution in [3.63, 3.8) is 0 Å². The summed E-state index contributed by atoms with van der Waals surface area (Å²) in [6.45, 7) is 6.48. The van der Waals surface area contributed by atoms with Crippen LogP contribution in [0, 0.1) is 0 Å². The molecule has 0 unspecified atom stereocenters. The number of fused-ring (bicyclic) bond motifs is 1. The number of allylic oxidation sites excluding steroid dienone is 1. The molecule has 0 aromatic heterocycles. The van der Waals surface area contributed by atoms with Crippen LogP contribution in [0.25, 0.3) is 11.6 Å². The van der Waals surface area contributed by atoms with E-state index in [1.807, 2.05) is 12.1 Å². The van der Waals surface area contributed by atoms with Gasteiger partial charge in [0.2, 0.25) is 0 Å². The van der Waals surface area contributed by atoms with Gasteiger partial charge in [0.15, 0.2) is 0 Å². The maximum Gasteiger partial charge on any atom is 0.120 e. The SMILES string of the molecule is CCC(C)(C)Oc1ccc2c(c1)C=C(c1ccc(CO)cc1)CC2. The molecule has 2 nitrogen and oxygen atoms in total. The summed E-state index contributed by atoms with van der Waals surface area (Å²) in [5.41, 5.74) is 6.03. The summed E-state index contributed by atoms with van der Waals surface area (Å²) >= 11 is 0. The lowest BCUT2D eigenvalue weighted by Crippen LogP contribution is -2.26. The first-order valence-electron chi connectivity index (χ1n) is 8.73. The summed E-state index contributed by atoms with van der Waals surface area (Å²) in [5.74, 6) is 0.939. The van der Waals surface area contributed by atoms with Crippen molar-refractivity contribution in [1.29, 1.82) is 0 Å². The quantitative estimate of drug-likeness (QED) is 0.816. The standard InChI is InChI=1S/C22H26O2/c1-4-22(2,3)24-21-12-11-18-9-10-19(13-20(18)14-21)17-7-5-16(15-23)6-8-17/h5-8,11-14,23H,4,9-10,15H2,1-3H3. The lowest BCUT2D eigenvalue weighted by molar-refractivity contribution is 0.105. The molecule has 2 aromatic carbocycles. The minimum atomic E-state index is -0.143. The Bertz CT molecular complexity index is 739. The molecule has 0 amide bonds. The van der Waals surface area contributed by atoms with Crippen molar-refractivity contribution >= 4 is 11.6 Å². The third-order valence-electron chi connectivity index (χ3n) is 4.86.